The molecule has 0 N–H and O–H groups in total. The minimum atomic E-state index is -0.564. The third-order valence-electron chi connectivity index (χ3n) is 7.20. The van der Waals surface area contributed by atoms with E-state index >= 15 is 0 Å². The lowest BCUT2D eigenvalue weighted by molar-refractivity contribution is -0.142. The zero-order chi connectivity index (χ0) is 28.0. The zero-order valence-electron chi connectivity index (χ0n) is 23.7. The van der Waals surface area contributed by atoms with E-state index in [-0.39, 0.29) is 30.6 Å². The van der Waals surface area contributed by atoms with Gasteiger partial charge in [-0.1, -0.05) is 72.8 Å². The second kappa shape index (κ2) is 12.5. The van der Waals surface area contributed by atoms with Gasteiger partial charge in [0.25, 0.3) is 0 Å². The number of hydrogen-bond donors (Lipinski definition) is 0. The number of hydrogen-bond acceptors (Lipinski definition) is 5. The number of aryl methyl sites for hydroxylation is 1. The van der Waals surface area contributed by atoms with Crippen molar-refractivity contribution >= 4 is 17.7 Å². The fourth-order valence-electron chi connectivity index (χ4n) is 5.23. The van der Waals surface area contributed by atoms with Gasteiger partial charge in [-0.2, -0.15) is 0 Å². The Morgan fingerprint density at radius 1 is 0.949 bits per heavy atom. The van der Waals surface area contributed by atoms with Crippen LogP contribution >= 0.6 is 0 Å². The first-order valence-corrected chi connectivity index (χ1v) is 13.7. The summed E-state index contributed by atoms with van der Waals surface area (Å²) in [5.41, 5.74) is 4.78. The number of fused-ring (bicyclic) bond motifs is 1. The number of esters is 1. The van der Waals surface area contributed by atoms with E-state index in [1.807, 2.05) is 69.3 Å². The van der Waals surface area contributed by atoms with Gasteiger partial charge < -0.3 is 9.47 Å². The molecule has 2 atom stereocenters. The normalized spacial score (nSPS) is 14.9. The third kappa shape index (κ3) is 7.27. The second-order valence-electron chi connectivity index (χ2n) is 11.2. The Bertz CT molecular complexity index is 1250. The van der Waals surface area contributed by atoms with Crippen LogP contribution < -0.4 is 4.90 Å². The molecule has 0 bridgehead atoms. The molecule has 1 aliphatic heterocycles. The molecule has 0 spiro atoms. The lowest BCUT2D eigenvalue weighted by atomic mass is 9.92. The number of benzene rings is 3. The SMILES string of the molecule is COC(=O)C[C@H](c1ccc2c(c1)CCCN2C(=O)OC(C)(C)C)N(Cc1ccccc1)[C@@H](C)c1ccccc1. The highest BCUT2D eigenvalue weighted by molar-refractivity contribution is 5.89. The lowest BCUT2D eigenvalue weighted by Crippen LogP contribution is -2.40. The first-order valence-electron chi connectivity index (χ1n) is 13.7. The van der Waals surface area contributed by atoms with Crippen LogP contribution in [0.25, 0.3) is 0 Å². The molecule has 4 rings (SSSR count). The predicted molar refractivity (Wildman–Crippen MR) is 155 cm³/mol. The van der Waals surface area contributed by atoms with E-state index in [1.165, 1.54) is 18.2 Å². The summed E-state index contributed by atoms with van der Waals surface area (Å²) < 4.78 is 10.8. The third-order valence-corrected chi connectivity index (χ3v) is 7.20. The molecule has 1 aliphatic rings. The van der Waals surface area contributed by atoms with Gasteiger partial charge in [0.15, 0.2) is 0 Å². The van der Waals surface area contributed by atoms with E-state index < -0.39 is 5.60 Å². The first-order chi connectivity index (χ1) is 18.7. The van der Waals surface area contributed by atoms with Crippen LogP contribution in [-0.2, 0) is 27.2 Å². The average molecular weight is 529 g/mol. The van der Waals surface area contributed by atoms with E-state index in [0.29, 0.717) is 13.1 Å². The van der Waals surface area contributed by atoms with Crippen LogP contribution in [0.4, 0.5) is 10.5 Å². The molecule has 0 unspecified atom stereocenters. The first kappa shape index (κ1) is 28.4. The molecule has 0 fully saturated rings. The van der Waals surface area contributed by atoms with Gasteiger partial charge in [-0.25, -0.2) is 4.79 Å². The maximum Gasteiger partial charge on any atom is 0.414 e. The van der Waals surface area contributed by atoms with Crippen LogP contribution in [0.2, 0.25) is 0 Å². The zero-order valence-corrected chi connectivity index (χ0v) is 23.7. The van der Waals surface area contributed by atoms with Crippen molar-refractivity contribution in [3.63, 3.8) is 0 Å². The highest BCUT2D eigenvalue weighted by Gasteiger charge is 2.32. The van der Waals surface area contributed by atoms with Gasteiger partial charge in [0.05, 0.1) is 19.2 Å². The molecule has 39 heavy (non-hydrogen) atoms. The summed E-state index contributed by atoms with van der Waals surface area (Å²) in [5, 5.41) is 0. The van der Waals surface area contributed by atoms with E-state index in [1.54, 1.807) is 4.90 Å². The second-order valence-corrected chi connectivity index (χ2v) is 11.2. The molecule has 3 aromatic rings. The summed E-state index contributed by atoms with van der Waals surface area (Å²) in [5.74, 6) is -0.258. The minimum absolute atomic E-state index is 0.0374. The Morgan fingerprint density at radius 3 is 2.26 bits per heavy atom. The van der Waals surface area contributed by atoms with Gasteiger partial charge in [0.1, 0.15) is 5.60 Å². The Labute approximate surface area is 232 Å². The molecular formula is C33H40N2O4. The Hall–Kier alpha value is -3.64. The Morgan fingerprint density at radius 2 is 1.62 bits per heavy atom. The van der Waals surface area contributed by atoms with Gasteiger partial charge in [-0.15, -0.1) is 0 Å². The van der Waals surface area contributed by atoms with Crippen molar-refractivity contribution in [3.05, 3.63) is 101 Å². The van der Waals surface area contributed by atoms with E-state index in [0.717, 1.165) is 29.7 Å². The Balaban J connectivity index is 1.74. The number of nitrogens with zero attached hydrogens (tertiary/aromatic N) is 2. The molecular weight excluding hydrogens is 488 g/mol. The number of amides is 1. The summed E-state index contributed by atoms with van der Waals surface area (Å²) in [4.78, 5) is 29.8. The van der Waals surface area contributed by atoms with Crippen molar-refractivity contribution < 1.29 is 19.1 Å². The van der Waals surface area contributed by atoms with Crippen LogP contribution in [0.5, 0.6) is 0 Å². The molecule has 0 radical (unpaired) electrons. The van der Waals surface area contributed by atoms with E-state index in [9.17, 15) is 9.59 Å². The topological polar surface area (TPSA) is 59.1 Å². The fraction of sp³-hybridized carbons (Fsp3) is 0.394. The van der Waals surface area contributed by atoms with Crippen molar-refractivity contribution in [2.45, 2.75) is 71.2 Å². The van der Waals surface area contributed by atoms with Crippen molar-refractivity contribution in [2.75, 3.05) is 18.6 Å². The molecule has 6 heteroatoms. The van der Waals surface area contributed by atoms with E-state index in [2.05, 4.69) is 42.2 Å². The highest BCUT2D eigenvalue weighted by atomic mass is 16.6. The molecule has 1 heterocycles. The standard InChI is InChI=1S/C33H40N2O4/c1-24(26-15-10-7-11-16-26)35(23-25-13-8-6-9-14-25)30(22-31(36)38-5)28-18-19-29-27(21-28)17-12-20-34(29)32(37)39-33(2,3)4/h6-11,13-16,18-19,21,24,30H,12,17,20,22-23H2,1-5H3/t24-,30+/m0/s1. The van der Waals surface area contributed by atoms with Gasteiger partial charge >= 0.3 is 12.1 Å². The molecule has 3 aromatic carbocycles. The number of methoxy groups -OCH3 is 1. The summed E-state index contributed by atoms with van der Waals surface area (Å²) in [6.45, 7) is 9.12. The molecule has 0 saturated carbocycles. The molecule has 0 aromatic heterocycles. The maximum absolute atomic E-state index is 13.0. The molecule has 0 saturated heterocycles. The van der Waals surface area contributed by atoms with Crippen molar-refractivity contribution in [2.24, 2.45) is 0 Å². The fourth-order valence-corrected chi connectivity index (χ4v) is 5.23. The van der Waals surface area contributed by atoms with Crippen LogP contribution in [-0.4, -0.2) is 36.2 Å². The highest BCUT2D eigenvalue weighted by Crippen LogP contribution is 2.38. The molecule has 1 amide bonds. The number of rotatable bonds is 8. The van der Waals surface area contributed by atoms with E-state index in [4.69, 9.17) is 9.47 Å². The molecule has 206 valence electrons. The van der Waals surface area contributed by atoms with Crippen molar-refractivity contribution in [3.8, 4) is 0 Å². The van der Waals surface area contributed by atoms with Gasteiger partial charge in [-0.05, 0) is 68.9 Å². The average Bonchev–Trinajstić information content (AvgIpc) is 2.93. The Kier molecular flexibility index (Phi) is 9.08. The van der Waals surface area contributed by atoms with Crippen molar-refractivity contribution in [1.82, 2.24) is 4.90 Å². The minimum Gasteiger partial charge on any atom is -0.469 e. The van der Waals surface area contributed by atoms with Crippen LogP contribution in [0.15, 0.2) is 78.9 Å². The summed E-state index contributed by atoms with van der Waals surface area (Å²) >= 11 is 0. The predicted octanol–water partition coefficient (Wildman–Crippen LogP) is 7.24. The smallest absolute Gasteiger partial charge is 0.414 e. The monoisotopic (exact) mass is 528 g/mol. The van der Waals surface area contributed by atoms with Crippen LogP contribution in [0.1, 0.15) is 74.9 Å². The summed E-state index contributed by atoms with van der Waals surface area (Å²) in [6, 6.07) is 26.7. The van der Waals surface area contributed by atoms with Gasteiger partial charge in [0.2, 0.25) is 0 Å². The number of carbonyl (C=O) groups is 2. The number of anilines is 1. The number of ether oxygens (including phenoxy) is 2. The number of carbonyl (C=O) groups excluding carboxylic acids is 2. The molecule has 0 aliphatic carbocycles. The largest absolute Gasteiger partial charge is 0.469 e. The quantitative estimate of drug-likeness (QED) is 0.288. The summed E-state index contributed by atoms with van der Waals surface area (Å²) in [7, 11) is 1.44. The van der Waals surface area contributed by atoms with Gasteiger partial charge in [-0.3, -0.25) is 14.6 Å². The van der Waals surface area contributed by atoms with Crippen molar-refractivity contribution in [1.29, 1.82) is 0 Å². The maximum atomic E-state index is 13.0. The summed E-state index contributed by atoms with van der Waals surface area (Å²) in [6.07, 6.45) is 1.60. The van der Waals surface area contributed by atoms with Gasteiger partial charge in [0, 0.05) is 25.2 Å². The lowest BCUT2D eigenvalue weighted by Gasteiger charge is -2.38. The van der Waals surface area contributed by atoms with Crippen LogP contribution in [0.3, 0.4) is 0 Å². The molecule has 6 nitrogen and oxygen atoms in total. The van der Waals surface area contributed by atoms with Crippen LogP contribution in [0, 0.1) is 0 Å².